The first-order valence-electron chi connectivity index (χ1n) is 9.69. The molecule has 0 saturated carbocycles. The van der Waals surface area contributed by atoms with E-state index in [0.29, 0.717) is 6.04 Å². The Hall–Kier alpha value is -1.99. The number of benzene rings is 1. The van der Waals surface area contributed by atoms with Crippen molar-refractivity contribution >= 4 is 16.9 Å². The Labute approximate surface area is 153 Å². The third-order valence-electron chi connectivity index (χ3n) is 5.43. The van der Waals surface area contributed by atoms with Crippen molar-refractivity contribution in [2.45, 2.75) is 38.3 Å². The molecule has 2 aliphatic rings. The molecule has 2 saturated heterocycles. The molecule has 26 heavy (non-hydrogen) atoms. The minimum absolute atomic E-state index is 0.136. The number of ether oxygens (including phenoxy) is 1. The summed E-state index contributed by atoms with van der Waals surface area (Å²) in [5, 5.41) is 8.86. The van der Waals surface area contributed by atoms with Crippen LogP contribution in [0.3, 0.4) is 0 Å². The second-order valence-electron chi connectivity index (χ2n) is 7.20. The number of morpholine rings is 1. The maximum atomic E-state index is 12.9. The average Bonchev–Trinajstić information content (AvgIpc) is 3.09. The molecule has 7 heteroatoms. The van der Waals surface area contributed by atoms with Gasteiger partial charge in [-0.25, -0.2) is 0 Å². The van der Waals surface area contributed by atoms with E-state index in [1.807, 2.05) is 24.3 Å². The highest BCUT2D eigenvalue weighted by Crippen LogP contribution is 2.21. The highest BCUT2D eigenvalue weighted by molar-refractivity contribution is 5.77. The first kappa shape index (κ1) is 17.4. The van der Waals surface area contributed by atoms with E-state index < -0.39 is 0 Å². The van der Waals surface area contributed by atoms with E-state index in [-0.39, 0.29) is 12.5 Å². The molecular weight excluding hydrogens is 330 g/mol. The molecule has 1 aromatic carbocycles. The molecule has 1 atom stereocenters. The second-order valence-corrected chi connectivity index (χ2v) is 7.20. The largest absolute Gasteiger partial charge is 0.379 e. The maximum Gasteiger partial charge on any atom is 0.246 e. The van der Waals surface area contributed by atoms with Gasteiger partial charge in [0.15, 0.2) is 0 Å². The van der Waals surface area contributed by atoms with Crippen LogP contribution in [0.2, 0.25) is 0 Å². The quantitative estimate of drug-likeness (QED) is 0.812. The van der Waals surface area contributed by atoms with Crippen molar-refractivity contribution in [2.24, 2.45) is 0 Å². The van der Waals surface area contributed by atoms with Crippen LogP contribution in [0.1, 0.15) is 25.7 Å². The SMILES string of the molecule is O=C(Cn1nc2ccccc2n1)N1CCCC[C@@H]1CCN1CCOCC1. The molecule has 0 bridgehead atoms. The minimum Gasteiger partial charge on any atom is -0.379 e. The zero-order valence-corrected chi connectivity index (χ0v) is 15.2. The van der Waals surface area contributed by atoms with Crippen molar-refractivity contribution in [3.63, 3.8) is 0 Å². The molecule has 3 heterocycles. The Kier molecular flexibility index (Phi) is 5.45. The van der Waals surface area contributed by atoms with Crippen LogP contribution in [0.4, 0.5) is 0 Å². The van der Waals surface area contributed by atoms with E-state index in [1.54, 1.807) is 4.80 Å². The number of carbonyl (C=O) groups is 1. The molecule has 2 fully saturated rings. The Bertz CT molecular complexity index is 707. The number of fused-ring (bicyclic) bond motifs is 1. The highest BCUT2D eigenvalue weighted by atomic mass is 16.5. The molecule has 0 unspecified atom stereocenters. The van der Waals surface area contributed by atoms with Gasteiger partial charge in [-0.2, -0.15) is 15.0 Å². The van der Waals surface area contributed by atoms with Gasteiger partial charge in [0.25, 0.3) is 0 Å². The molecule has 2 aromatic rings. The number of piperidine rings is 1. The van der Waals surface area contributed by atoms with E-state index in [4.69, 9.17) is 4.74 Å². The lowest BCUT2D eigenvalue weighted by atomic mass is 9.99. The summed E-state index contributed by atoms with van der Waals surface area (Å²) in [6.07, 6.45) is 4.45. The lowest BCUT2D eigenvalue weighted by Gasteiger charge is -2.37. The van der Waals surface area contributed by atoms with Crippen LogP contribution in [-0.2, 0) is 16.1 Å². The number of hydrogen-bond donors (Lipinski definition) is 0. The van der Waals surface area contributed by atoms with Crippen LogP contribution in [0.5, 0.6) is 0 Å². The van der Waals surface area contributed by atoms with Gasteiger partial charge in [-0.15, -0.1) is 0 Å². The summed E-state index contributed by atoms with van der Waals surface area (Å²) >= 11 is 0. The summed E-state index contributed by atoms with van der Waals surface area (Å²) < 4.78 is 5.42. The van der Waals surface area contributed by atoms with Gasteiger partial charge in [0.05, 0.1) is 13.2 Å². The predicted octanol–water partition coefficient (Wildman–Crippen LogP) is 1.53. The summed E-state index contributed by atoms with van der Waals surface area (Å²) in [7, 11) is 0. The molecule has 0 spiro atoms. The Morgan fingerprint density at radius 1 is 1.08 bits per heavy atom. The number of nitrogens with zero attached hydrogens (tertiary/aromatic N) is 5. The summed E-state index contributed by atoms with van der Waals surface area (Å²) in [6, 6.07) is 8.07. The Morgan fingerprint density at radius 2 is 1.81 bits per heavy atom. The van der Waals surface area contributed by atoms with E-state index in [9.17, 15) is 4.79 Å². The first-order chi connectivity index (χ1) is 12.8. The summed E-state index contributed by atoms with van der Waals surface area (Å²) in [5.74, 6) is 0.136. The van der Waals surface area contributed by atoms with Crippen molar-refractivity contribution in [3.8, 4) is 0 Å². The van der Waals surface area contributed by atoms with Crippen LogP contribution in [0.25, 0.3) is 11.0 Å². The lowest BCUT2D eigenvalue weighted by molar-refractivity contribution is -0.136. The molecule has 140 valence electrons. The van der Waals surface area contributed by atoms with Crippen LogP contribution in [0, 0.1) is 0 Å². The van der Waals surface area contributed by atoms with Crippen molar-refractivity contribution in [1.82, 2.24) is 24.8 Å². The van der Waals surface area contributed by atoms with Gasteiger partial charge in [0.1, 0.15) is 17.6 Å². The fourth-order valence-corrected chi connectivity index (χ4v) is 3.97. The fourth-order valence-electron chi connectivity index (χ4n) is 3.97. The topological polar surface area (TPSA) is 63.5 Å². The molecule has 4 rings (SSSR count). The third-order valence-corrected chi connectivity index (χ3v) is 5.43. The van der Waals surface area contributed by atoms with E-state index >= 15 is 0 Å². The van der Waals surface area contributed by atoms with Crippen molar-refractivity contribution in [1.29, 1.82) is 0 Å². The molecule has 7 nitrogen and oxygen atoms in total. The number of hydrogen-bond acceptors (Lipinski definition) is 5. The average molecular weight is 357 g/mol. The summed E-state index contributed by atoms with van der Waals surface area (Å²) in [4.78, 5) is 19.0. The predicted molar refractivity (Wildman–Crippen MR) is 98.8 cm³/mol. The number of likely N-dealkylation sites (tertiary alicyclic amines) is 1. The van der Waals surface area contributed by atoms with E-state index in [2.05, 4.69) is 20.0 Å². The van der Waals surface area contributed by atoms with Crippen LogP contribution in [-0.4, -0.2) is 76.1 Å². The van der Waals surface area contributed by atoms with Gasteiger partial charge in [0, 0.05) is 32.2 Å². The molecule has 0 aliphatic carbocycles. The molecular formula is C19H27N5O2. The molecule has 0 radical (unpaired) electrons. The lowest BCUT2D eigenvalue weighted by Crippen LogP contribution is -2.47. The second kappa shape index (κ2) is 8.14. The standard InChI is InChI=1S/C19H27N5O2/c25-19(15-24-20-17-6-1-2-7-18(17)21-24)23-9-4-3-5-16(23)8-10-22-11-13-26-14-12-22/h1-2,6-7,16H,3-5,8-15H2/t16-/m1/s1. The van der Waals surface area contributed by atoms with Gasteiger partial charge >= 0.3 is 0 Å². The van der Waals surface area contributed by atoms with Gasteiger partial charge in [-0.1, -0.05) is 12.1 Å². The zero-order valence-electron chi connectivity index (χ0n) is 15.2. The van der Waals surface area contributed by atoms with Crippen molar-refractivity contribution in [2.75, 3.05) is 39.4 Å². The first-order valence-corrected chi connectivity index (χ1v) is 9.69. The van der Waals surface area contributed by atoms with Gasteiger partial charge in [-0.3, -0.25) is 9.69 Å². The normalized spacial score (nSPS) is 22.0. The Morgan fingerprint density at radius 3 is 2.54 bits per heavy atom. The number of amides is 1. The zero-order chi connectivity index (χ0) is 17.8. The van der Waals surface area contributed by atoms with Crippen molar-refractivity contribution < 1.29 is 9.53 Å². The number of rotatable bonds is 5. The molecule has 0 N–H and O–H groups in total. The summed E-state index contributed by atoms with van der Waals surface area (Å²) in [6.45, 7) is 5.78. The summed E-state index contributed by atoms with van der Waals surface area (Å²) in [5.41, 5.74) is 1.67. The monoisotopic (exact) mass is 357 g/mol. The van der Waals surface area contributed by atoms with Crippen molar-refractivity contribution in [3.05, 3.63) is 24.3 Å². The van der Waals surface area contributed by atoms with Gasteiger partial charge in [0.2, 0.25) is 5.91 Å². The Balaban J connectivity index is 1.37. The van der Waals surface area contributed by atoms with E-state index in [0.717, 1.165) is 69.7 Å². The van der Waals surface area contributed by atoms with Crippen LogP contribution < -0.4 is 0 Å². The molecule has 1 aromatic heterocycles. The minimum atomic E-state index is 0.136. The fraction of sp³-hybridized carbons (Fsp3) is 0.632. The van der Waals surface area contributed by atoms with Gasteiger partial charge in [-0.05, 0) is 37.8 Å². The van der Waals surface area contributed by atoms with E-state index in [1.165, 1.54) is 6.42 Å². The van der Waals surface area contributed by atoms with Crippen LogP contribution in [0.15, 0.2) is 24.3 Å². The number of aromatic nitrogens is 3. The highest BCUT2D eigenvalue weighted by Gasteiger charge is 2.27. The van der Waals surface area contributed by atoms with Crippen LogP contribution >= 0.6 is 0 Å². The molecule has 1 amide bonds. The maximum absolute atomic E-state index is 12.9. The van der Waals surface area contributed by atoms with Gasteiger partial charge < -0.3 is 9.64 Å². The number of carbonyl (C=O) groups excluding carboxylic acids is 1. The smallest absolute Gasteiger partial charge is 0.246 e. The molecule has 2 aliphatic heterocycles. The third kappa shape index (κ3) is 4.04.